The van der Waals surface area contributed by atoms with Crippen molar-refractivity contribution in [3.8, 4) is 0 Å². The van der Waals surface area contributed by atoms with E-state index in [1.54, 1.807) is 0 Å². The Morgan fingerprint density at radius 2 is 0.812 bits per heavy atom. The predicted molar refractivity (Wildman–Crippen MR) is 186 cm³/mol. The first-order valence-corrected chi connectivity index (χ1v) is 17.0. The molecule has 0 amide bonds. The third-order valence-electron chi connectivity index (χ3n) is 9.10. The largest absolute Gasteiger partial charge is 0.375 e. The van der Waals surface area contributed by atoms with Crippen LogP contribution in [0.5, 0.6) is 0 Å². The lowest BCUT2D eigenvalue weighted by Crippen LogP contribution is -2.50. The standard InChI is InChI=1S/C21H26O3.C20H24O4/c1-16-17(2)22-15-20(23-13-18-9-5-3-6-10-18)21(16)24-14-19-11-7-4-8-12-19;1-15-19(23-13-17-10-6-3-7-11-17)18(14-24-20(15)21)22-12-16-8-4-2-5-9-16/h3-12,16-17,20-21H,13-15H2,1-2H3;2-11,15,18-21H,12-14H2,1H3/t16?,17-,20+,21?;15?,18-,19?,20-/m01/s1. The van der Waals surface area contributed by atoms with Crippen molar-refractivity contribution in [3.05, 3.63) is 144 Å². The lowest BCUT2D eigenvalue weighted by molar-refractivity contribution is -0.250. The number of ether oxygens (including phenoxy) is 6. The third kappa shape index (κ3) is 10.8. The van der Waals surface area contributed by atoms with Crippen molar-refractivity contribution < 1.29 is 33.5 Å². The third-order valence-corrected chi connectivity index (χ3v) is 9.10. The summed E-state index contributed by atoms with van der Waals surface area (Å²) in [5.74, 6) is 0.145. The van der Waals surface area contributed by atoms with Gasteiger partial charge in [0.05, 0.1) is 58.0 Å². The van der Waals surface area contributed by atoms with Crippen molar-refractivity contribution in [2.24, 2.45) is 11.8 Å². The summed E-state index contributed by atoms with van der Waals surface area (Å²) in [6, 6.07) is 40.6. The molecule has 0 bridgehead atoms. The molecule has 0 saturated carbocycles. The number of aliphatic hydroxyl groups is 1. The van der Waals surface area contributed by atoms with Crippen LogP contribution < -0.4 is 0 Å². The van der Waals surface area contributed by atoms with Gasteiger partial charge in [0.2, 0.25) is 0 Å². The molecule has 0 spiro atoms. The number of benzene rings is 4. The van der Waals surface area contributed by atoms with Crippen LogP contribution in [-0.4, -0.2) is 55.1 Å². The number of rotatable bonds is 12. The lowest BCUT2D eigenvalue weighted by Gasteiger charge is -2.39. The van der Waals surface area contributed by atoms with Crippen LogP contribution >= 0.6 is 0 Å². The molecule has 2 saturated heterocycles. The van der Waals surface area contributed by atoms with E-state index in [0.717, 1.165) is 11.1 Å². The van der Waals surface area contributed by atoms with Crippen molar-refractivity contribution in [2.75, 3.05) is 13.2 Å². The topological polar surface area (TPSA) is 75.6 Å². The molecular weight excluding hydrogens is 604 g/mol. The molecule has 2 fully saturated rings. The molecule has 2 heterocycles. The second kappa shape index (κ2) is 19.0. The maximum absolute atomic E-state index is 9.99. The Morgan fingerprint density at radius 1 is 0.479 bits per heavy atom. The molecule has 4 aromatic rings. The lowest BCUT2D eigenvalue weighted by atomic mass is 9.92. The first-order valence-electron chi connectivity index (χ1n) is 17.0. The van der Waals surface area contributed by atoms with Gasteiger partial charge in [0.15, 0.2) is 6.29 Å². The van der Waals surface area contributed by atoms with Gasteiger partial charge in [0, 0.05) is 11.8 Å². The van der Waals surface area contributed by atoms with Crippen molar-refractivity contribution in [1.82, 2.24) is 0 Å². The van der Waals surface area contributed by atoms with E-state index >= 15 is 0 Å². The maximum Gasteiger partial charge on any atom is 0.159 e. The smallest absolute Gasteiger partial charge is 0.159 e. The zero-order valence-corrected chi connectivity index (χ0v) is 28.3. The summed E-state index contributed by atoms with van der Waals surface area (Å²) in [6.07, 6.45) is -1.05. The molecule has 2 aliphatic heterocycles. The molecule has 7 heteroatoms. The van der Waals surface area contributed by atoms with Gasteiger partial charge in [-0.2, -0.15) is 0 Å². The summed E-state index contributed by atoms with van der Waals surface area (Å²) < 4.78 is 35.8. The van der Waals surface area contributed by atoms with Gasteiger partial charge in [0.25, 0.3) is 0 Å². The van der Waals surface area contributed by atoms with E-state index in [0.29, 0.717) is 45.6 Å². The van der Waals surface area contributed by atoms with Crippen LogP contribution in [0.2, 0.25) is 0 Å². The highest BCUT2D eigenvalue weighted by Crippen LogP contribution is 2.28. The molecule has 1 N–H and O–H groups in total. The van der Waals surface area contributed by atoms with Gasteiger partial charge < -0.3 is 33.5 Å². The van der Waals surface area contributed by atoms with Gasteiger partial charge in [-0.15, -0.1) is 0 Å². The van der Waals surface area contributed by atoms with Crippen molar-refractivity contribution in [2.45, 2.75) is 84.0 Å². The molecule has 7 nitrogen and oxygen atoms in total. The molecule has 6 rings (SSSR count). The fraction of sp³-hybridized carbons (Fsp3) is 0.415. The van der Waals surface area contributed by atoms with Gasteiger partial charge in [-0.05, 0) is 29.2 Å². The van der Waals surface area contributed by atoms with Gasteiger partial charge in [0.1, 0.15) is 12.2 Å². The summed E-state index contributed by atoms with van der Waals surface area (Å²) in [5.41, 5.74) is 4.57. The molecule has 2 aliphatic rings. The Balaban J connectivity index is 0.000000188. The van der Waals surface area contributed by atoms with E-state index in [2.05, 4.69) is 38.1 Å². The highest BCUT2D eigenvalue weighted by atomic mass is 16.6. The summed E-state index contributed by atoms with van der Waals surface area (Å²) in [5, 5.41) is 9.99. The molecule has 48 heavy (non-hydrogen) atoms. The molecular formula is C41H50O7. The number of hydrogen-bond acceptors (Lipinski definition) is 7. The Labute approximate surface area is 285 Å². The normalized spacial score (nSPS) is 27.1. The average Bonchev–Trinajstić information content (AvgIpc) is 3.14. The highest BCUT2D eigenvalue weighted by Gasteiger charge is 2.39. The van der Waals surface area contributed by atoms with E-state index in [4.69, 9.17) is 28.4 Å². The second-order valence-corrected chi connectivity index (χ2v) is 12.7. The minimum Gasteiger partial charge on any atom is -0.375 e. The zero-order chi connectivity index (χ0) is 33.6. The van der Waals surface area contributed by atoms with Crippen molar-refractivity contribution in [1.29, 1.82) is 0 Å². The molecule has 4 aromatic carbocycles. The molecule has 0 aliphatic carbocycles. The van der Waals surface area contributed by atoms with Gasteiger partial charge in [-0.25, -0.2) is 0 Å². The first-order chi connectivity index (χ1) is 23.5. The van der Waals surface area contributed by atoms with Gasteiger partial charge in [-0.3, -0.25) is 0 Å². The van der Waals surface area contributed by atoms with Crippen LogP contribution in [0.4, 0.5) is 0 Å². The SMILES string of the molecule is CC1C(OCc2ccccc2)[C@H](OCc2ccccc2)CO[C@H]1C.CC1C(OCc2ccccc2)[C@H](OCc2ccccc2)CO[C@H]1O. The van der Waals surface area contributed by atoms with Crippen LogP contribution in [0.25, 0.3) is 0 Å². The van der Waals surface area contributed by atoms with E-state index in [1.807, 2.05) is 104 Å². The Hall–Kier alpha value is -3.40. The summed E-state index contributed by atoms with van der Waals surface area (Å²) >= 11 is 0. The quantitative estimate of drug-likeness (QED) is 0.171. The maximum atomic E-state index is 9.99. The average molecular weight is 655 g/mol. The van der Waals surface area contributed by atoms with Crippen LogP contribution in [0.1, 0.15) is 43.0 Å². The minimum absolute atomic E-state index is 0.0395. The van der Waals surface area contributed by atoms with Gasteiger partial charge in [-0.1, -0.05) is 135 Å². The van der Waals surface area contributed by atoms with Crippen LogP contribution in [-0.2, 0) is 54.8 Å². The minimum atomic E-state index is -0.817. The van der Waals surface area contributed by atoms with E-state index in [1.165, 1.54) is 11.1 Å². The van der Waals surface area contributed by atoms with Crippen LogP contribution in [0, 0.1) is 11.8 Å². The van der Waals surface area contributed by atoms with Crippen molar-refractivity contribution in [3.63, 3.8) is 0 Å². The number of aliphatic hydroxyl groups excluding tert-OH is 1. The Kier molecular flexibility index (Phi) is 14.2. The predicted octanol–water partition coefficient (Wildman–Crippen LogP) is 7.35. The molecule has 0 radical (unpaired) electrons. The second-order valence-electron chi connectivity index (χ2n) is 12.7. The first kappa shape index (κ1) is 35.9. The van der Waals surface area contributed by atoms with Crippen LogP contribution in [0.3, 0.4) is 0 Å². The fourth-order valence-corrected chi connectivity index (χ4v) is 5.93. The monoisotopic (exact) mass is 654 g/mol. The fourth-order valence-electron chi connectivity index (χ4n) is 5.93. The van der Waals surface area contributed by atoms with Crippen molar-refractivity contribution >= 4 is 0 Å². The van der Waals surface area contributed by atoms with E-state index < -0.39 is 6.29 Å². The Bertz CT molecular complexity index is 1310. The Morgan fingerprint density at radius 3 is 1.21 bits per heavy atom. The van der Waals surface area contributed by atoms with E-state index in [-0.39, 0.29) is 36.4 Å². The molecule has 0 aromatic heterocycles. The van der Waals surface area contributed by atoms with E-state index in [9.17, 15) is 5.11 Å². The zero-order valence-electron chi connectivity index (χ0n) is 28.3. The van der Waals surface area contributed by atoms with Crippen LogP contribution in [0.15, 0.2) is 121 Å². The molecule has 4 unspecified atom stereocenters. The summed E-state index contributed by atoms with van der Waals surface area (Å²) in [4.78, 5) is 0. The van der Waals surface area contributed by atoms with Gasteiger partial charge >= 0.3 is 0 Å². The molecule has 8 atom stereocenters. The summed E-state index contributed by atoms with van der Waals surface area (Å²) in [6.45, 7) is 9.31. The number of hydrogen-bond donors (Lipinski definition) is 1. The highest BCUT2D eigenvalue weighted by molar-refractivity contribution is 5.16. The molecule has 256 valence electrons. The summed E-state index contributed by atoms with van der Waals surface area (Å²) in [7, 11) is 0.